The van der Waals surface area contributed by atoms with Crippen LogP contribution >= 0.6 is 0 Å². The maximum absolute atomic E-state index is 12.8. The summed E-state index contributed by atoms with van der Waals surface area (Å²) in [5.41, 5.74) is 1.26. The quantitative estimate of drug-likeness (QED) is 0.582. The SMILES string of the molecule is CCOc1ccccc1-n1ccnc(NCCc2ccc(S(N)(=O)=O)cc2)c1=O. The van der Waals surface area contributed by atoms with Crippen LogP contribution in [0.15, 0.2) is 70.6 Å². The molecule has 0 atom stereocenters. The van der Waals surface area contributed by atoms with Gasteiger partial charge in [-0.3, -0.25) is 9.36 Å². The second kappa shape index (κ2) is 8.89. The van der Waals surface area contributed by atoms with E-state index in [-0.39, 0.29) is 16.3 Å². The number of nitrogens with zero attached hydrogens (tertiary/aromatic N) is 2. The van der Waals surface area contributed by atoms with Gasteiger partial charge in [0.25, 0.3) is 5.56 Å². The van der Waals surface area contributed by atoms with Crippen LogP contribution in [0.3, 0.4) is 0 Å². The Hall–Kier alpha value is -3.17. The molecular weight excluding hydrogens is 392 g/mol. The summed E-state index contributed by atoms with van der Waals surface area (Å²) in [5, 5.41) is 8.14. The standard InChI is InChI=1S/C20H22N4O4S/c1-2-28-18-6-4-3-5-17(18)24-14-13-23-19(20(24)25)22-12-11-15-7-9-16(10-8-15)29(21,26)27/h3-10,13-14H,2,11-12H2,1H3,(H,22,23)(H2,21,26,27). The molecule has 0 saturated carbocycles. The van der Waals surface area contributed by atoms with E-state index in [9.17, 15) is 13.2 Å². The van der Waals surface area contributed by atoms with Gasteiger partial charge in [0.1, 0.15) is 5.75 Å². The zero-order chi connectivity index (χ0) is 20.9. The highest BCUT2D eigenvalue weighted by Crippen LogP contribution is 2.21. The molecule has 3 aromatic rings. The Bertz CT molecular complexity index is 1140. The molecule has 29 heavy (non-hydrogen) atoms. The molecule has 0 spiro atoms. The van der Waals surface area contributed by atoms with Gasteiger partial charge in [-0.25, -0.2) is 18.5 Å². The summed E-state index contributed by atoms with van der Waals surface area (Å²) in [6.07, 6.45) is 3.72. The van der Waals surface area contributed by atoms with Gasteiger partial charge in [0.15, 0.2) is 5.82 Å². The number of hydrogen-bond acceptors (Lipinski definition) is 6. The van der Waals surface area contributed by atoms with Gasteiger partial charge in [0, 0.05) is 18.9 Å². The summed E-state index contributed by atoms with van der Waals surface area (Å²) in [6, 6.07) is 13.6. The lowest BCUT2D eigenvalue weighted by Gasteiger charge is -2.13. The number of hydrogen-bond donors (Lipinski definition) is 2. The van der Waals surface area contributed by atoms with Crippen LogP contribution < -0.4 is 20.8 Å². The predicted molar refractivity (Wildman–Crippen MR) is 111 cm³/mol. The van der Waals surface area contributed by atoms with Crippen molar-refractivity contribution >= 4 is 15.8 Å². The molecule has 0 bridgehead atoms. The summed E-state index contributed by atoms with van der Waals surface area (Å²) in [6.45, 7) is 2.83. The number of primary sulfonamides is 1. The fourth-order valence-electron chi connectivity index (χ4n) is 2.83. The van der Waals surface area contributed by atoms with Crippen LogP contribution in [0.25, 0.3) is 5.69 Å². The van der Waals surface area contributed by atoms with Crippen molar-refractivity contribution in [1.82, 2.24) is 9.55 Å². The van der Waals surface area contributed by atoms with Gasteiger partial charge in [0.05, 0.1) is 17.2 Å². The molecule has 3 N–H and O–H groups in total. The first-order chi connectivity index (χ1) is 13.9. The monoisotopic (exact) mass is 414 g/mol. The Balaban J connectivity index is 1.73. The minimum Gasteiger partial charge on any atom is -0.492 e. The molecule has 0 unspecified atom stereocenters. The molecule has 0 aliphatic rings. The van der Waals surface area contributed by atoms with Crippen LogP contribution in [0.2, 0.25) is 0 Å². The van der Waals surface area contributed by atoms with Gasteiger partial charge >= 0.3 is 0 Å². The normalized spacial score (nSPS) is 11.2. The molecule has 0 radical (unpaired) electrons. The number of rotatable bonds is 8. The first kappa shape index (κ1) is 20.6. The number of anilines is 1. The Kier molecular flexibility index (Phi) is 6.30. The van der Waals surface area contributed by atoms with Crippen LogP contribution in [0.5, 0.6) is 5.75 Å². The molecule has 9 heteroatoms. The minimum absolute atomic E-state index is 0.0646. The topological polar surface area (TPSA) is 116 Å². The van der Waals surface area contributed by atoms with Gasteiger partial charge in [0.2, 0.25) is 10.0 Å². The lowest BCUT2D eigenvalue weighted by atomic mass is 10.1. The molecule has 1 aromatic heterocycles. The Morgan fingerprint density at radius 3 is 2.55 bits per heavy atom. The average Bonchev–Trinajstić information content (AvgIpc) is 2.70. The third-order valence-corrected chi connectivity index (χ3v) is 5.15. The largest absolute Gasteiger partial charge is 0.492 e. The molecule has 2 aromatic carbocycles. The van der Waals surface area contributed by atoms with Crippen molar-refractivity contribution in [2.45, 2.75) is 18.2 Å². The molecule has 0 saturated heterocycles. The minimum atomic E-state index is -3.71. The van der Waals surface area contributed by atoms with Crippen LogP contribution in [-0.4, -0.2) is 31.1 Å². The highest BCUT2D eigenvalue weighted by molar-refractivity contribution is 7.89. The maximum Gasteiger partial charge on any atom is 0.297 e. The summed E-state index contributed by atoms with van der Waals surface area (Å²) in [5.74, 6) is 0.837. The second-order valence-corrected chi connectivity index (χ2v) is 7.78. The molecular formula is C20H22N4O4S. The summed E-state index contributed by atoms with van der Waals surface area (Å²) >= 11 is 0. The van der Waals surface area contributed by atoms with Crippen molar-refractivity contribution in [3.8, 4) is 11.4 Å². The Morgan fingerprint density at radius 2 is 1.86 bits per heavy atom. The van der Waals surface area contributed by atoms with Gasteiger partial charge in [-0.05, 0) is 43.2 Å². The van der Waals surface area contributed by atoms with Crippen LogP contribution in [0, 0.1) is 0 Å². The Labute approximate surface area is 169 Å². The highest BCUT2D eigenvalue weighted by atomic mass is 32.2. The molecule has 8 nitrogen and oxygen atoms in total. The van der Waals surface area contributed by atoms with E-state index in [1.807, 2.05) is 31.2 Å². The lowest BCUT2D eigenvalue weighted by molar-refractivity contribution is 0.339. The number of para-hydroxylation sites is 2. The second-order valence-electron chi connectivity index (χ2n) is 6.22. The number of benzene rings is 2. The van der Waals surface area contributed by atoms with E-state index in [2.05, 4.69) is 10.3 Å². The maximum atomic E-state index is 12.8. The molecule has 0 aliphatic heterocycles. The van der Waals surface area contributed by atoms with Crippen LogP contribution in [0.1, 0.15) is 12.5 Å². The lowest BCUT2D eigenvalue weighted by Crippen LogP contribution is -2.24. The van der Waals surface area contributed by atoms with E-state index < -0.39 is 10.0 Å². The van der Waals surface area contributed by atoms with E-state index in [0.717, 1.165) is 5.56 Å². The summed E-state index contributed by atoms with van der Waals surface area (Å²) in [7, 11) is -3.71. The summed E-state index contributed by atoms with van der Waals surface area (Å²) in [4.78, 5) is 17.0. The van der Waals surface area contributed by atoms with Crippen molar-refractivity contribution in [3.05, 3.63) is 76.8 Å². The van der Waals surface area contributed by atoms with E-state index in [4.69, 9.17) is 9.88 Å². The first-order valence-corrected chi connectivity index (χ1v) is 10.6. The van der Waals surface area contributed by atoms with Crippen molar-refractivity contribution in [1.29, 1.82) is 0 Å². The molecule has 1 heterocycles. The van der Waals surface area contributed by atoms with Gasteiger partial charge < -0.3 is 10.1 Å². The average molecular weight is 414 g/mol. The zero-order valence-corrected chi connectivity index (χ0v) is 16.7. The highest BCUT2D eigenvalue weighted by Gasteiger charge is 2.11. The number of sulfonamides is 1. The zero-order valence-electron chi connectivity index (χ0n) is 15.9. The fourth-order valence-corrected chi connectivity index (χ4v) is 3.34. The van der Waals surface area contributed by atoms with Crippen molar-refractivity contribution < 1.29 is 13.2 Å². The van der Waals surface area contributed by atoms with Crippen LogP contribution in [0.4, 0.5) is 5.82 Å². The number of nitrogens with one attached hydrogen (secondary N) is 1. The van der Waals surface area contributed by atoms with Crippen molar-refractivity contribution in [2.75, 3.05) is 18.5 Å². The van der Waals surface area contributed by atoms with Crippen molar-refractivity contribution in [2.24, 2.45) is 5.14 Å². The fraction of sp³-hybridized carbons (Fsp3) is 0.200. The Morgan fingerprint density at radius 1 is 1.14 bits per heavy atom. The molecule has 0 aliphatic carbocycles. The van der Waals surface area contributed by atoms with E-state index in [1.165, 1.54) is 16.7 Å². The third kappa shape index (κ3) is 5.01. The smallest absolute Gasteiger partial charge is 0.297 e. The van der Waals surface area contributed by atoms with E-state index in [0.29, 0.717) is 31.0 Å². The molecule has 0 amide bonds. The molecule has 3 rings (SSSR count). The van der Waals surface area contributed by atoms with Gasteiger partial charge in [-0.1, -0.05) is 24.3 Å². The third-order valence-electron chi connectivity index (χ3n) is 4.22. The number of ether oxygens (including phenoxy) is 1. The molecule has 152 valence electrons. The summed E-state index contributed by atoms with van der Waals surface area (Å²) < 4.78 is 29.7. The first-order valence-electron chi connectivity index (χ1n) is 9.05. The van der Waals surface area contributed by atoms with Gasteiger partial charge in [-0.2, -0.15) is 0 Å². The van der Waals surface area contributed by atoms with Gasteiger partial charge in [-0.15, -0.1) is 0 Å². The number of aromatic nitrogens is 2. The molecule has 0 fully saturated rings. The van der Waals surface area contributed by atoms with Crippen LogP contribution in [-0.2, 0) is 16.4 Å². The van der Waals surface area contributed by atoms with E-state index in [1.54, 1.807) is 24.5 Å². The van der Waals surface area contributed by atoms with Crippen molar-refractivity contribution in [3.63, 3.8) is 0 Å². The van der Waals surface area contributed by atoms with E-state index >= 15 is 0 Å². The number of nitrogens with two attached hydrogens (primary N) is 1. The predicted octanol–water partition coefficient (Wildman–Crippen LogP) is 1.93.